The monoisotopic (exact) mass is 278 g/mol. The van der Waals surface area contributed by atoms with E-state index in [0.717, 1.165) is 17.8 Å². The van der Waals surface area contributed by atoms with Crippen molar-refractivity contribution in [1.82, 2.24) is 0 Å². The molecule has 0 spiro atoms. The number of rotatable bonds is 3. The van der Waals surface area contributed by atoms with Crippen molar-refractivity contribution in [3.63, 3.8) is 0 Å². The maximum Gasteiger partial charge on any atom is 0.333 e. The van der Waals surface area contributed by atoms with Crippen LogP contribution in [0.25, 0.3) is 0 Å². The van der Waals surface area contributed by atoms with Gasteiger partial charge in [0, 0.05) is 11.0 Å². The topological polar surface area (TPSA) is 26.3 Å². The number of fused-ring (bicyclic) bond motifs is 2. The van der Waals surface area contributed by atoms with Gasteiger partial charge in [-0.3, -0.25) is 0 Å². The second kappa shape index (κ2) is 5.20. The first-order valence-corrected chi connectivity index (χ1v) is 8.02. The molecule has 0 aromatic heterocycles. The van der Waals surface area contributed by atoms with Gasteiger partial charge in [0.05, 0.1) is 0 Å². The lowest BCUT2D eigenvalue weighted by atomic mass is 9.55. The molecule has 0 heterocycles. The van der Waals surface area contributed by atoms with Gasteiger partial charge in [-0.25, -0.2) is 4.79 Å². The lowest BCUT2D eigenvalue weighted by molar-refractivity contribution is -0.174. The molecule has 2 nitrogen and oxygen atoms in total. The molecule has 0 saturated heterocycles. The average Bonchev–Trinajstić information content (AvgIpc) is 2.25. The summed E-state index contributed by atoms with van der Waals surface area (Å²) >= 11 is 0. The molecule has 0 aromatic rings. The van der Waals surface area contributed by atoms with Crippen molar-refractivity contribution in [2.75, 3.05) is 0 Å². The molecule has 20 heavy (non-hydrogen) atoms. The Bertz CT molecular complexity index is 390. The number of hydrogen-bond acceptors (Lipinski definition) is 2. The van der Waals surface area contributed by atoms with Crippen molar-refractivity contribution >= 4 is 5.97 Å². The molecule has 2 fully saturated rings. The second-order valence-electron chi connectivity index (χ2n) is 8.19. The fourth-order valence-electron chi connectivity index (χ4n) is 4.52. The molecular weight excluding hydrogens is 248 g/mol. The van der Waals surface area contributed by atoms with Crippen molar-refractivity contribution < 1.29 is 9.53 Å². The largest absolute Gasteiger partial charge is 0.456 e. The molecule has 0 aromatic carbocycles. The van der Waals surface area contributed by atoms with Gasteiger partial charge in [0.15, 0.2) is 0 Å². The first-order chi connectivity index (χ1) is 9.13. The third-order valence-electron chi connectivity index (χ3n) is 5.77. The van der Waals surface area contributed by atoms with Crippen LogP contribution >= 0.6 is 0 Å². The lowest BCUT2D eigenvalue weighted by Crippen LogP contribution is -2.50. The zero-order valence-electron chi connectivity index (χ0n) is 13.8. The Kier molecular flexibility index (Phi) is 4.05. The minimum Gasteiger partial charge on any atom is -0.456 e. The molecule has 2 atom stereocenters. The molecule has 114 valence electrons. The molecule has 2 saturated carbocycles. The minimum atomic E-state index is -0.416. The number of ether oxygens (including phenoxy) is 1. The smallest absolute Gasteiger partial charge is 0.333 e. The summed E-state index contributed by atoms with van der Waals surface area (Å²) in [5, 5.41) is 0. The van der Waals surface area contributed by atoms with Gasteiger partial charge in [0.1, 0.15) is 5.60 Å². The molecule has 2 bridgehead atoms. The first kappa shape index (κ1) is 15.6. The molecular formula is C18H30O2. The Morgan fingerprint density at radius 2 is 1.70 bits per heavy atom. The Morgan fingerprint density at radius 1 is 1.20 bits per heavy atom. The van der Waals surface area contributed by atoms with E-state index in [2.05, 4.69) is 34.3 Å². The van der Waals surface area contributed by atoms with Crippen LogP contribution in [0.15, 0.2) is 12.2 Å². The third-order valence-corrected chi connectivity index (χ3v) is 5.77. The van der Waals surface area contributed by atoms with Gasteiger partial charge < -0.3 is 4.74 Å². The van der Waals surface area contributed by atoms with Gasteiger partial charge in [0.2, 0.25) is 0 Å². The van der Waals surface area contributed by atoms with Gasteiger partial charge in [-0.15, -0.1) is 0 Å². The van der Waals surface area contributed by atoms with Gasteiger partial charge in [-0.1, -0.05) is 20.4 Å². The predicted molar refractivity (Wildman–Crippen MR) is 82.3 cm³/mol. The maximum atomic E-state index is 11.9. The minimum absolute atomic E-state index is 0.0891. The van der Waals surface area contributed by atoms with Crippen LogP contribution in [0.4, 0.5) is 0 Å². The molecule has 0 N–H and O–H groups in total. The summed E-state index contributed by atoms with van der Waals surface area (Å²) in [6.45, 7) is 14.3. The van der Waals surface area contributed by atoms with E-state index in [-0.39, 0.29) is 11.4 Å². The van der Waals surface area contributed by atoms with E-state index in [1.165, 1.54) is 32.1 Å². The molecule has 2 rings (SSSR count). The SMILES string of the molecule is C=C(C)C(=O)OC(C)(C)C1(C)CC2CC(C)CC(C2)C1. The van der Waals surface area contributed by atoms with Gasteiger partial charge in [-0.2, -0.15) is 0 Å². The fraction of sp³-hybridized carbons (Fsp3) is 0.833. The van der Waals surface area contributed by atoms with E-state index < -0.39 is 5.60 Å². The van der Waals surface area contributed by atoms with E-state index >= 15 is 0 Å². The van der Waals surface area contributed by atoms with Gasteiger partial charge in [0.25, 0.3) is 0 Å². The zero-order valence-corrected chi connectivity index (χ0v) is 13.8. The summed E-state index contributed by atoms with van der Waals surface area (Å²) < 4.78 is 5.80. The van der Waals surface area contributed by atoms with Crippen LogP contribution in [-0.4, -0.2) is 11.6 Å². The van der Waals surface area contributed by atoms with Crippen molar-refractivity contribution in [1.29, 1.82) is 0 Å². The van der Waals surface area contributed by atoms with Crippen LogP contribution in [0.3, 0.4) is 0 Å². The summed E-state index contributed by atoms with van der Waals surface area (Å²) in [7, 11) is 0. The van der Waals surface area contributed by atoms with Crippen LogP contribution < -0.4 is 0 Å². The average molecular weight is 278 g/mol. The zero-order chi connectivity index (χ0) is 15.1. The van der Waals surface area contributed by atoms with E-state index in [0.29, 0.717) is 5.57 Å². The second-order valence-corrected chi connectivity index (χ2v) is 8.19. The summed E-state index contributed by atoms with van der Waals surface area (Å²) in [6, 6.07) is 0. The molecule has 2 unspecified atom stereocenters. The van der Waals surface area contributed by atoms with Crippen molar-refractivity contribution in [3.05, 3.63) is 12.2 Å². The standard InChI is InChI=1S/C18H30O2/c1-12(2)16(19)20-17(4,5)18(6)10-14-7-13(3)8-15(9-14)11-18/h13-15H,1,7-11H2,2-6H3. The van der Waals surface area contributed by atoms with Crippen LogP contribution in [-0.2, 0) is 9.53 Å². The van der Waals surface area contributed by atoms with Crippen LogP contribution in [0.2, 0.25) is 0 Å². The van der Waals surface area contributed by atoms with Crippen LogP contribution in [0, 0.1) is 23.2 Å². The van der Waals surface area contributed by atoms with Gasteiger partial charge >= 0.3 is 5.97 Å². The highest BCUT2D eigenvalue weighted by Gasteiger charge is 2.50. The fourth-order valence-corrected chi connectivity index (χ4v) is 4.52. The highest BCUT2D eigenvalue weighted by atomic mass is 16.6. The Labute approximate surface area is 124 Å². The van der Waals surface area contributed by atoms with E-state index in [1.807, 2.05) is 0 Å². The van der Waals surface area contributed by atoms with E-state index in [9.17, 15) is 4.79 Å². The number of carbonyl (C=O) groups excluding carboxylic acids is 1. The Balaban J connectivity index is 2.14. The van der Waals surface area contributed by atoms with Gasteiger partial charge in [-0.05, 0) is 70.6 Å². The molecule has 0 amide bonds. The highest BCUT2D eigenvalue weighted by molar-refractivity contribution is 5.87. The van der Waals surface area contributed by atoms with E-state index in [4.69, 9.17) is 4.74 Å². The van der Waals surface area contributed by atoms with Crippen molar-refractivity contribution in [3.8, 4) is 0 Å². The number of carbonyl (C=O) groups is 1. The molecule has 2 aliphatic rings. The third kappa shape index (κ3) is 2.94. The number of hydrogen-bond donors (Lipinski definition) is 0. The highest BCUT2D eigenvalue weighted by Crippen LogP contribution is 2.55. The predicted octanol–water partition coefficient (Wildman–Crippen LogP) is 4.74. The van der Waals surface area contributed by atoms with Crippen LogP contribution in [0.5, 0.6) is 0 Å². The maximum absolute atomic E-state index is 11.9. The molecule has 2 aliphatic carbocycles. The van der Waals surface area contributed by atoms with E-state index in [1.54, 1.807) is 6.92 Å². The molecule has 0 aliphatic heterocycles. The summed E-state index contributed by atoms with van der Waals surface area (Å²) in [4.78, 5) is 11.9. The normalized spacial score (nSPS) is 37.4. The quantitative estimate of drug-likeness (QED) is 0.550. The molecule has 2 heteroatoms. The molecule has 0 radical (unpaired) electrons. The summed E-state index contributed by atoms with van der Waals surface area (Å²) in [6.07, 6.45) is 6.44. The Morgan fingerprint density at radius 3 is 2.15 bits per heavy atom. The van der Waals surface area contributed by atoms with Crippen LogP contribution in [0.1, 0.15) is 66.7 Å². The Hall–Kier alpha value is -0.790. The first-order valence-electron chi connectivity index (χ1n) is 8.02. The summed E-state index contributed by atoms with van der Waals surface area (Å²) in [5.74, 6) is 2.24. The lowest BCUT2D eigenvalue weighted by Gasteiger charge is -2.53. The summed E-state index contributed by atoms with van der Waals surface area (Å²) in [5.41, 5.74) is 0.165. The number of esters is 1. The van der Waals surface area contributed by atoms with Crippen molar-refractivity contribution in [2.45, 2.75) is 72.3 Å². The van der Waals surface area contributed by atoms with Crippen molar-refractivity contribution in [2.24, 2.45) is 23.2 Å².